The lowest BCUT2D eigenvalue weighted by molar-refractivity contribution is -0.135. The van der Waals surface area contributed by atoms with Crippen LogP contribution in [0.3, 0.4) is 0 Å². The third-order valence-electron chi connectivity index (χ3n) is 5.20. The van der Waals surface area contributed by atoms with Crippen molar-refractivity contribution in [2.24, 2.45) is 0 Å². The minimum absolute atomic E-state index is 0.0992. The van der Waals surface area contributed by atoms with Crippen molar-refractivity contribution in [2.45, 2.75) is 45.6 Å². The van der Waals surface area contributed by atoms with Crippen molar-refractivity contribution in [3.63, 3.8) is 0 Å². The van der Waals surface area contributed by atoms with Crippen molar-refractivity contribution in [1.29, 1.82) is 0 Å². The molecule has 0 saturated carbocycles. The molecule has 26 heavy (non-hydrogen) atoms. The van der Waals surface area contributed by atoms with Crippen LogP contribution in [0.1, 0.15) is 39.5 Å². The number of hydrogen-bond acceptors (Lipinski definition) is 5. The number of hydrogen-bond donors (Lipinski definition) is 1. The first-order valence-corrected chi connectivity index (χ1v) is 10.2. The lowest BCUT2D eigenvalue weighted by Crippen LogP contribution is -2.54. The molecule has 7 nitrogen and oxygen atoms in total. The van der Waals surface area contributed by atoms with Gasteiger partial charge in [-0.1, -0.05) is 26.2 Å². The zero-order valence-corrected chi connectivity index (χ0v) is 16.5. The first-order chi connectivity index (χ1) is 12.6. The van der Waals surface area contributed by atoms with E-state index in [1.807, 2.05) is 4.90 Å². The van der Waals surface area contributed by atoms with E-state index in [9.17, 15) is 9.59 Å². The zero-order chi connectivity index (χ0) is 18.8. The molecule has 0 spiro atoms. The molecule has 0 radical (unpaired) electrons. The average Bonchev–Trinajstić information content (AvgIpc) is 2.63. The topological polar surface area (TPSA) is 65.1 Å². The number of amides is 2. The Hall–Kier alpha value is -1.18. The summed E-state index contributed by atoms with van der Waals surface area (Å²) in [6.45, 7) is 11.3. The smallest absolute Gasteiger partial charge is 0.236 e. The fourth-order valence-corrected chi connectivity index (χ4v) is 3.50. The maximum absolute atomic E-state index is 12.4. The van der Waals surface area contributed by atoms with Crippen molar-refractivity contribution in [2.75, 3.05) is 65.6 Å². The highest BCUT2D eigenvalue weighted by Gasteiger charge is 2.24. The van der Waals surface area contributed by atoms with Crippen molar-refractivity contribution in [3.8, 4) is 0 Å². The maximum Gasteiger partial charge on any atom is 0.236 e. The van der Waals surface area contributed by atoms with E-state index in [0.29, 0.717) is 39.4 Å². The molecule has 0 aromatic heterocycles. The molecule has 2 saturated heterocycles. The van der Waals surface area contributed by atoms with Crippen LogP contribution in [0, 0.1) is 0 Å². The molecule has 7 heteroatoms. The van der Waals surface area contributed by atoms with Gasteiger partial charge in [-0.3, -0.25) is 19.4 Å². The predicted molar refractivity (Wildman–Crippen MR) is 102 cm³/mol. The first kappa shape index (κ1) is 21.1. The summed E-state index contributed by atoms with van der Waals surface area (Å²) in [6.07, 6.45) is 4.64. The molecular weight excluding hydrogens is 332 g/mol. The normalized spacial score (nSPS) is 20.8. The highest BCUT2D eigenvalue weighted by atomic mass is 16.5. The highest BCUT2D eigenvalue weighted by molar-refractivity contribution is 5.79. The monoisotopic (exact) mass is 368 g/mol. The summed E-state index contributed by atoms with van der Waals surface area (Å²) < 4.78 is 5.32. The molecular formula is C19H36N4O3. The Morgan fingerprint density at radius 2 is 1.62 bits per heavy atom. The summed E-state index contributed by atoms with van der Waals surface area (Å²) in [5, 5.41) is 3.09. The third kappa shape index (κ3) is 7.60. The molecule has 0 bridgehead atoms. The molecule has 1 atom stereocenters. The second-order valence-corrected chi connectivity index (χ2v) is 7.51. The Morgan fingerprint density at radius 3 is 2.27 bits per heavy atom. The van der Waals surface area contributed by atoms with Crippen LogP contribution in [0.25, 0.3) is 0 Å². The molecule has 1 unspecified atom stereocenters. The quantitative estimate of drug-likeness (QED) is 0.602. The van der Waals surface area contributed by atoms with E-state index in [0.717, 1.165) is 32.6 Å². The van der Waals surface area contributed by atoms with E-state index in [2.05, 4.69) is 29.0 Å². The fraction of sp³-hybridized carbons (Fsp3) is 0.895. The Morgan fingerprint density at radius 1 is 0.962 bits per heavy atom. The number of ether oxygens (including phenoxy) is 1. The number of carbonyl (C=O) groups is 2. The minimum Gasteiger partial charge on any atom is -0.379 e. The van der Waals surface area contributed by atoms with Gasteiger partial charge >= 0.3 is 0 Å². The SMILES string of the molecule is CCCCCC(C)NC(=O)CN1CCN(C(=O)CN2CCOCC2)CC1. The molecule has 0 aromatic carbocycles. The first-order valence-electron chi connectivity index (χ1n) is 10.2. The van der Waals surface area contributed by atoms with Gasteiger partial charge in [0.15, 0.2) is 0 Å². The lowest BCUT2D eigenvalue weighted by atomic mass is 10.1. The van der Waals surface area contributed by atoms with E-state index >= 15 is 0 Å². The summed E-state index contributed by atoms with van der Waals surface area (Å²) in [5.74, 6) is 0.294. The summed E-state index contributed by atoms with van der Waals surface area (Å²) >= 11 is 0. The van der Waals surface area contributed by atoms with Crippen molar-refractivity contribution in [1.82, 2.24) is 20.0 Å². The van der Waals surface area contributed by atoms with Crippen molar-refractivity contribution < 1.29 is 14.3 Å². The van der Waals surface area contributed by atoms with Gasteiger partial charge < -0.3 is 15.0 Å². The summed E-state index contributed by atoms with van der Waals surface area (Å²) in [6, 6.07) is 0.241. The Bertz CT molecular complexity index is 433. The van der Waals surface area contributed by atoms with Crippen molar-refractivity contribution in [3.05, 3.63) is 0 Å². The standard InChI is InChI=1S/C19H36N4O3/c1-3-4-5-6-17(2)20-18(24)15-21-7-9-23(10-8-21)19(25)16-22-11-13-26-14-12-22/h17H,3-16H2,1-2H3,(H,20,24). The number of piperazine rings is 1. The molecule has 2 amide bonds. The fourth-order valence-electron chi connectivity index (χ4n) is 3.50. The molecule has 1 N–H and O–H groups in total. The number of nitrogens with zero attached hydrogens (tertiary/aromatic N) is 3. The molecule has 2 heterocycles. The molecule has 0 aliphatic carbocycles. The van der Waals surface area contributed by atoms with Gasteiger partial charge in [0.2, 0.25) is 11.8 Å². The van der Waals surface area contributed by atoms with Gasteiger partial charge in [-0.25, -0.2) is 0 Å². The van der Waals surface area contributed by atoms with Crippen LogP contribution < -0.4 is 5.32 Å². The highest BCUT2D eigenvalue weighted by Crippen LogP contribution is 2.06. The molecule has 2 aliphatic heterocycles. The van der Waals surface area contributed by atoms with Gasteiger partial charge in [0.1, 0.15) is 0 Å². The molecule has 2 fully saturated rings. The van der Waals surface area contributed by atoms with Gasteiger partial charge in [-0.05, 0) is 13.3 Å². The molecule has 2 aliphatic rings. The van der Waals surface area contributed by atoms with Gasteiger partial charge in [-0.15, -0.1) is 0 Å². The van der Waals surface area contributed by atoms with Crippen LogP contribution in [0.4, 0.5) is 0 Å². The molecule has 0 aromatic rings. The summed E-state index contributed by atoms with van der Waals surface area (Å²) in [5.41, 5.74) is 0. The minimum atomic E-state index is 0.0992. The van der Waals surface area contributed by atoms with Crippen molar-refractivity contribution >= 4 is 11.8 Å². The van der Waals surface area contributed by atoms with Gasteiger partial charge in [-0.2, -0.15) is 0 Å². The predicted octanol–water partition coefficient (Wildman–Crippen LogP) is 0.548. The number of unbranched alkanes of at least 4 members (excludes halogenated alkanes) is 2. The van der Waals surface area contributed by atoms with Crippen LogP contribution in [0.2, 0.25) is 0 Å². The average molecular weight is 369 g/mol. The van der Waals surface area contributed by atoms with Gasteiger partial charge in [0.25, 0.3) is 0 Å². The van der Waals surface area contributed by atoms with E-state index in [1.54, 1.807) is 0 Å². The number of morpholine rings is 1. The second kappa shape index (κ2) is 11.5. The number of nitrogens with one attached hydrogen (secondary N) is 1. The maximum atomic E-state index is 12.4. The second-order valence-electron chi connectivity index (χ2n) is 7.51. The third-order valence-corrected chi connectivity index (χ3v) is 5.20. The molecule has 150 valence electrons. The van der Waals surface area contributed by atoms with E-state index in [1.165, 1.54) is 19.3 Å². The van der Waals surface area contributed by atoms with Crippen LogP contribution >= 0.6 is 0 Å². The van der Waals surface area contributed by atoms with Crippen LogP contribution in [-0.4, -0.2) is 98.1 Å². The Labute approximate surface area is 158 Å². The van der Waals surface area contributed by atoms with Gasteiger partial charge in [0, 0.05) is 45.3 Å². The Balaban J connectivity index is 1.61. The van der Waals surface area contributed by atoms with E-state index in [4.69, 9.17) is 4.74 Å². The summed E-state index contributed by atoms with van der Waals surface area (Å²) in [7, 11) is 0. The number of carbonyl (C=O) groups excluding carboxylic acids is 2. The van der Waals surface area contributed by atoms with Gasteiger partial charge in [0.05, 0.1) is 26.3 Å². The van der Waals surface area contributed by atoms with E-state index in [-0.39, 0.29) is 17.9 Å². The Kier molecular flexibility index (Phi) is 9.36. The zero-order valence-electron chi connectivity index (χ0n) is 16.5. The largest absolute Gasteiger partial charge is 0.379 e. The summed E-state index contributed by atoms with van der Waals surface area (Å²) in [4.78, 5) is 30.8. The number of rotatable bonds is 9. The van der Waals surface area contributed by atoms with Crippen LogP contribution in [0.15, 0.2) is 0 Å². The van der Waals surface area contributed by atoms with Crippen LogP contribution in [0.5, 0.6) is 0 Å². The van der Waals surface area contributed by atoms with Crippen LogP contribution in [-0.2, 0) is 14.3 Å². The molecule has 2 rings (SSSR count). The van der Waals surface area contributed by atoms with E-state index < -0.39 is 0 Å². The lowest BCUT2D eigenvalue weighted by Gasteiger charge is -2.36.